The van der Waals surface area contributed by atoms with Gasteiger partial charge in [-0.3, -0.25) is 0 Å². The number of hydrogen-bond donors (Lipinski definition) is 0. The first-order valence-corrected chi connectivity index (χ1v) is 10.3. The van der Waals surface area contributed by atoms with Crippen molar-refractivity contribution in [1.29, 1.82) is 0 Å². The van der Waals surface area contributed by atoms with Crippen LogP contribution in [0.4, 0.5) is 0 Å². The van der Waals surface area contributed by atoms with Gasteiger partial charge in [-0.1, -0.05) is 0 Å². The van der Waals surface area contributed by atoms with Crippen LogP contribution in [0.25, 0.3) is 0 Å². The molecule has 4 heteroatoms. The summed E-state index contributed by atoms with van der Waals surface area (Å²) in [7, 11) is -0.825. The predicted octanol–water partition coefficient (Wildman–Crippen LogP) is 1.16. The van der Waals surface area contributed by atoms with E-state index in [0.29, 0.717) is 0 Å². The van der Waals surface area contributed by atoms with Gasteiger partial charge in [-0.15, -0.1) is 15.3 Å². The van der Waals surface area contributed by atoms with Crippen LogP contribution in [-0.2, 0) is 0 Å². The van der Waals surface area contributed by atoms with Gasteiger partial charge in [-0.05, 0) is 11.3 Å². The summed E-state index contributed by atoms with van der Waals surface area (Å²) in [6.45, 7) is 0. The fourth-order valence-corrected chi connectivity index (χ4v) is 20.2. The maximum Gasteiger partial charge on any atom is 0.137 e. The van der Waals surface area contributed by atoms with Crippen LogP contribution in [0.1, 0.15) is 0 Å². The Morgan fingerprint density at radius 1 is 1.50 bits per heavy atom. The minimum Gasteiger partial charge on any atom is -0.172 e. The zero-order valence-electron chi connectivity index (χ0n) is 3.32. The van der Waals surface area contributed by atoms with E-state index in [0.717, 1.165) is 0 Å². The van der Waals surface area contributed by atoms with E-state index in [-0.39, 0.29) is 7.42 Å². The molecule has 0 bridgehead atoms. The average Bonchev–Trinajstić information content (AvgIpc) is 1.33. The normalized spacial score (nSPS) is 45.0. The zero-order valence-corrected chi connectivity index (χ0v) is 7.98. The van der Waals surface area contributed by atoms with Gasteiger partial charge in [0.25, 0.3) is 0 Å². The Kier molecular flexibility index (Phi) is 1.77. The molecule has 1 aliphatic rings. The Hall–Kier alpha value is 1.20. The van der Waals surface area contributed by atoms with Crippen molar-refractivity contribution in [3.8, 4) is 0 Å². The van der Waals surface area contributed by atoms with Crippen molar-refractivity contribution >= 4 is 41.9 Å². The first-order valence-electron chi connectivity index (χ1n) is 2.07. The molecule has 1 rings (SSSR count). The third kappa shape index (κ3) is 1.09. The topological polar surface area (TPSA) is 0 Å². The Bertz CT molecular complexity index is 47.5. The maximum atomic E-state index is 5.79. The number of rotatable bonds is 0. The van der Waals surface area contributed by atoms with E-state index in [1.165, 1.54) is 11.3 Å². The minimum atomic E-state index is -0.540. The van der Waals surface area contributed by atoms with Gasteiger partial charge in [-0.2, -0.15) is 11.1 Å². The summed E-state index contributed by atoms with van der Waals surface area (Å²) in [6, 6.07) is 0. The maximum absolute atomic E-state index is 5.79. The third-order valence-electron chi connectivity index (χ3n) is 1.02. The highest BCUT2D eigenvalue weighted by molar-refractivity contribution is 9.24. The summed E-state index contributed by atoms with van der Waals surface area (Å²) in [5.74, 6) is 0. The standard InChI is InChI=1S/C2H6BrClSi2/c3-5-1-6(4)2-5/h5-6H,1-2H2. The fraction of sp³-hybridized carbons (Fsp3) is 1.00. The lowest BCUT2D eigenvalue weighted by molar-refractivity contribution is 1.67. The molecule has 0 nitrogen and oxygen atoms in total. The van der Waals surface area contributed by atoms with Crippen molar-refractivity contribution in [2.75, 3.05) is 0 Å². The third-order valence-corrected chi connectivity index (χ3v) is 19.1. The van der Waals surface area contributed by atoms with E-state index in [2.05, 4.69) is 15.3 Å². The molecule has 36 valence electrons. The SMILES string of the molecule is Cl[SiH]1C[SiH](Br)C1. The van der Waals surface area contributed by atoms with Crippen LogP contribution in [-0.4, -0.2) is 15.5 Å². The van der Waals surface area contributed by atoms with Crippen molar-refractivity contribution in [3.05, 3.63) is 0 Å². The van der Waals surface area contributed by atoms with Crippen molar-refractivity contribution in [1.82, 2.24) is 0 Å². The molecule has 0 amide bonds. The molecule has 0 atom stereocenters. The Morgan fingerprint density at radius 2 is 2.00 bits per heavy atom. The van der Waals surface area contributed by atoms with Gasteiger partial charge < -0.3 is 0 Å². The molecule has 0 spiro atoms. The van der Waals surface area contributed by atoms with Gasteiger partial charge in [0.15, 0.2) is 0 Å². The minimum absolute atomic E-state index is 0.285. The van der Waals surface area contributed by atoms with Gasteiger partial charge in [0.05, 0.1) is 0 Å². The van der Waals surface area contributed by atoms with Crippen LogP contribution < -0.4 is 0 Å². The largest absolute Gasteiger partial charge is 0.172 e. The molecule has 0 radical (unpaired) electrons. The molecule has 0 N–H and O–H groups in total. The Balaban J connectivity index is 2.11. The molecule has 0 aromatic heterocycles. The number of hydrogen-bond acceptors (Lipinski definition) is 0. The molecule has 0 aliphatic carbocycles. The lowest BCUT2D eigenvalue weighted by atomic mass is 11.8. The molecule has 1 heterocycles. The molecule has 1 saturated heterocycles. The molecule has 1 aliphatic heterocycles. The molecule has 6 heavy (non-hydrogen) atoms. The first kappa shape index (κ1) is 5.34. The molecule has 0 unspecified atom stereocenters. The molecular weight excluding hydrogens is 196 g/mol. The summed E-state index contributed by atoms with van der Waals surface area (Å²) < 4.78 is 0. The molecule has 0 aromatic rings. The van der Waals surface area contributed by atoms with Crippen LogP contribution in [0, 0.1) is 0 Å². The van der Waals surface area contributed by atoms with Crippen molar-refractivity contribution < 1.29 is 0 Å². The van der Waals surface area contributed by atoms with Crippen LogP contribution in [0.2, 0.25) is 11.3 Å². The highest BCUT2D eigenvalue weighted by Crippen LogP contribution is 2.26. The van der Waals surface area contributed by atoms with Crippen molar-refractivity contribution in [3.63, 3.8) is 0 Å². The quantitative estimate of drug-likeness (QED) is 0.408. The monoisotopic (exact) mass is 200 g/mol. The molecule has 0 aromatic carbocycles. The predicted molar refractivity (Wildman–Crippen MR) is 38.7 cm³/mol. The molecule has 0 saturated carbocycles. The lowest BCUT2D eigenvalue weighted by Gasteiger charge is -2.21. The van der Waals surface area contributed by atoms with Crippen LogP contribution in [0.3, 0.4) is 0 Å². The summed E-state index contributed by atoms with van der Waals surface area (Å²) in [5, 5.41) is 0. The van der Waals surface area contributed by atoms with E-state index in [4.69, 9.17) is 11.1 Å². The second-order valence-corrected chi connectivity index (χ2v) is 13.6. The first-order chi connectivity index (χ1) is 2.79. The Labute approximate surface area is 53.4 Å². The van der Waals surface area contributed by atoms with Gasteiger partial charge in [0, 0.05) is 0 Å². The van der Waals surface area contributed by atoms with Crippen LogP contribution in [0.5, 0.6) is 0 Å². The molecule has 1 fully saturated rings. The van der Waals surface area contributed by atoms with E-state index in [9.17, 15) is 0 Å². The second kappa shape index (κ2) is 1.98. The summed E-state index contributed by atoms with van der Waals surface area (Å²) in [4.78, 5) is 0. The van der Waals surface area contributed by atoms with Gasteiger partial charge >= 0.3 is 0 Å². The van der Waals surface area contributed by atoms with Crippen LogP contribution >= 0.6 is 26.4 Å². The van der Waals surface area contributed by atoms with E-state index in [1.807, 2.05) is 0 Å². The lowest BCUT2D eigenvalue weighted by Crippen LogP contribution is -2.30. The van der Waals surface area contributed by atoms with E-state index >= 15 is 0 Å². The second-order valence-electron chi connectivity index (χ2n) is 1.67. The summed E-state index contributed by atoms with van der Waals surface area (Å²) in [5.41, 5.74) is 2.86. The van der Waals surface area contributed by atoms with Crippen molar-refractivity contribution in [2.45, 2.75) is 11.3 Å². The van der Waals surface area contributed by atoms with E-state index in [1.54, 1.807) is 0 Å². The fourth-order valence-electron chi connectivity index (χ4n) is 0.486. The van der Waals surface area contributed by atoms with E-state index < -0.39 is 8.11 Å². The summed E-state index contributed by atoms with van der Waals surface area (Å²) >= 11 is 9.38. The highest BCUT2D eigenvalue weighted by Gasteiger charge is 2.27. The average molecular weight is 202 g/mol. The van der Waals surface area contributed by atoms with Gasteiger partial charge in [-0.25, -0.2) is 0 Å². The van der Waals surface area contributed by atoms with Gasteiger partial charge in [0.2, 0.25) is 0 Å². The van der Waals surface area contributed by atoms with Crippen LogP contribution in [0.15, 0.2) is 0 Å². The Morgan fingerprint density at radius 3 is 2.00 bits per heavy atom. The van der Waals surface area contributed by atoms with Gasteiger partial charge in [0.1, 0.15) is 15.5 Å². The highest BCUT2D eigenvalue weighted by atomic mass is 79.9. The zero-order chi connectivity index (χ0) is 4.57. The van der Waals surface area contributed by atoms with Crippen molar-refractivity contribution in [2.24, 2.45) is 0 Å². The molecular formula is C2H6BrClSi2. The summed E-state index contributed by atoms with van der Waals surface area (Å²) in [6.07, 6.45) is 0. The number of halogens is 2. The smallest absolute Gasteiger partial charge is 0.137 e.